The summed E-state index contributed by atoms with van der Waals surface area (Å²) in [5.74, 6) is 0.633. The molecule has 1 aliphatic heterocycles. The van der Waals surface area contributed by atoms with E-state index < -0.39 is 0 Å². The number of para-hydroxylation sites is 2. The van der Waals surface area contributed by atoms with Gasteiger partial charge in [0.1, 0.15) is 0 Å². The summed E-state index contributed by atoms with van der Waals surface area (Å²) < 4.78 is 0. The van der Waals surface area contributed by atoms with E-state index in [2.05, 4.69) is 157 Å². The van der Waals surface area contributed by atoms with Crippen LogP contribution in [0.2, 0.25) is 0 Å². The molecule has 0 saturated heterocycles. The van der Waals surface area contributed by atoms with Crippen LogP contribution in [0.3, 0.4) is 0 Å². The highest BCUT2D eigenvalue weighted by molar-refractivity contribution is 6.06. The van der Waals surface area contributed by atoms with E-state index in [0.717, 1.165) is 45.0 Å². The maximum Gasteiger partial charge on any atom is 0.235 e. The maximum atomic E-state index is 5.25. The van der Waals surface area contributed by atoms with Gasteiger partial charge in [-0.05, 0) is 40.5 Å². The van der Waals surface area contributed by atoms with Crippen molar-refractivity contribution in [3.05, 3.63) is 164 Å². The van der Waals surface area contributed by atoms with Crippen LogP contribution < -0.4 is 4.90 Å². The minimum Gasteiger partial charge on any atom is -0.278 e. The number of anilines is 3. The summed E-state index contributed by atoms with van der Waals surface area (Å²) in [6, 6.07) is 57.3. The van der Waals surface area contributed by atoms with Crippen LogP contribution in [0.25, 0.3) is 55.9 Å². The quantitative estimate of drug-likeness (QED) is 0.219. The molecule has 0 spiro atoms. The molecule has 2 heterocycles. The molecular formula is C40H27N3. The van der Waals surface area contributed by atoms with Crippen LogP contribution >= 0.6 is 0 Å². The molecule has 8 rings (SSSR count). The Morgan fingerprint density at radius 1 is 0.349 bits per heavy atom. The van der Waals surface area contributed by atoms with Crippen LogP contribution in [0.4, 0.5) is 17.3 Å². The van der Waals surface area contributed by atoms with E-state index in [9.17, 15) is 0 Å². The Kier molecular flexibility index (Phi) is 6.12. The molecule has 43 heavy (non-hydrogen) atoms. The summed E-state index contributed by atoms with van der Waals surface area (Å²) in [4.78, 5) is 12.7. The second kappa shape index (κ2) is 10.6. The summed E-state index contributed by atoms with van der Waals surface area (Å²) in [5, 5.41) is 0. The molecule has 0 N–H and O–H groups in total. The molecule has 0 bridgehead atoms. The van der Waals surface area contributed by atoms with Gasteiger partial charge in [-0.3, -0.25) is 4.90 Å². The number of fused-ring (bicyclic) bond motifs is 5. The van der Waals surface area contributed by atoms with Crippen molar-refractivity contribution >= 4 is 17.3 Å². The lowest BCUT2D eigenvalue weighted by molar-refractivity contribution is 1.09. The predicted molar refractivity (Wildman–Crippen MR) is 177 cm³/mol. The number of aromatic nitrogens is 2. The number of nitrogens with zero attached hydrogens (tertiary/aromatic N) is 3. The molecule has 0 saturated carbocycles. The van der Waals surface area contributed by atoms with E-state index in [1.54, 1.807) is 0 Å². The fourth-order valence-electron chi connectivity index (χ4n) is 6.09. The number of hydrogen-bond acceptors (Lipinski definition) is 3. The lowest BCUT2D eigenvalue weighted by Crippen LogP contribution is -2.15. The third-order valence-electron chi connectivity index (χ3n) is 8.05. The van der Waals surface area contributed by atoms with E-state index in [1.807, 2.05) is 12.1 Å². The van der Waals surface area contributed by atoms with E-state index in [0.29, 0.717) is 5.95 Å². The van der Waals surface area contributed by atoms with E-state index in [-0.39, 0.29) is 0 Å². The van der Waals surface area contributed by atoms with Gasteiger partial charge in [-0.25, -0.2) is 9.97 Å². The van der Waals surface area contributed by atoms with Crippen molar-refractivity contribution in [2.45, 2.75) is 0 Å². The Labute approximate surface area is 251 Å². The molecule has 3 heteroatoms. The standard InChI is InChI=1S/C40H27N3/c1-4-15-28(16-5-1)31-23-14-24-33-32-21-10-12-25-37(32)43(38-26-13-11-22-34(38)39(31)33)40-41-35(29-17-6-2-7-18-29)27-36(42-40)30-19-8-3-9-20-30/h1-27H. The lowest BCUT2D eigenvalue weighted by atomic mass is 9.88. The second-order valence-corrected chi connectivity index (χ2v) is 10.6. The van der Waals surface area contributed by atoms with Crippen molar-refractivity contribution in [2.75, 3.05) is 4.90 Å². The molecule has 6 aromatic carbocycles. The van der Waals surface area contributed by atoms with Crippen molar-refractivity contribution in [1.82, 2.24) is 9.97 Å². The molecule has 0 amide bonds. The predicted octanol–water partition coefficient (Wildman–Crippen LogP) is 10.6. The van der Waals surface area contributed by atoms with Gasteiger partial charge in [-0.15, -0.1) is 0 Å². The van der Waals surface area contributed by atoms with Crippen molar-refractivity contribution in [2.24, 2.45) is 0 Å². The zero-order valence-corrected chi connectivity index (χ0v) is 23.4. The fraction of sp³-hybridized carbons (Fsp3) is 0. The van der Waals surface area contributed by atoms with Gasteiger partial charge < -0.3 is 0 Å². The molecule has 1 aliphatic rings. The van der Waals surface area contributed by atoms with Crippen molar-refractivity contribution in [3.8, 4) is 55.9 Å². The van der Waals surface area contributed by atoms with E-state index in [1.165, 1.54) is 22.3 Å². The first-order chi connectivity index (χ1) is 21.3. The maximum absolute atomic E-state index is 5.25. The van der Waals surface area contributed by atoms with Gasteiger partial charge in [-0.1, -0.05) is 146 Å². The molecule has 202 valence electrons. The minimum absolute atomic E-state index is 0.633. The minimum atomic E-state index is 0.633. The van der Waals surface area contributed by atoms with Crippen molar-refractivity contribution in [3.63, 3.8) is 0 Å². The first-order valence-corrected chi connectivity index (χ1v) is 14.5. The summed E-state index contributed by atoms with van der Waals surface area (Å²) in [5.41, 5.74) is 13.0. The average molecular weight is 550 g/mol. The van der Waals surface area contributed by atoms with Gasteiger partial charge in [0, 0.05) is 22.3 Å². The van der Waals surface area contributed by atoms with Gasteiger partial charge in [0.25, 0.3) is 0 Å². The smallest absolute Gasteiger partial charge is 0.235 e. The number of rotatable bonds is 4. The summed E-state index contributed by atoms with van der Waals surface area (Å²) in [7, 11) is 0. The fourth-order valence-corrected chi connectivity index (χ4v) is 6.09. The van der Waals surface area contributed by atoms with Crippen LogP contribution in [0.5, 0.6) is 0 Å². The van der Waals surface area contributed by atoms with Gasteiger partial charge in [-0.2, -0.15) is 0 Å². The first-order valence-electron chi connectivity index (χ1n) is 14.5. The summed E-state index contributed by atoms with van der Waals surface area (Å²) in [6.45, 7) is 0. The largest absolute Gasteiger partial charge is 0.278 e. The molecule has 3 nitrogen and oxygen atoms in total. The monoisotopic (exact) mass is 549 g/mol. The van der Waals surface area contributed by atoms with Gasteiger partial charge in [0.15, 0.2) is 0 Å². The summed E-state index contributed by atoms with van der Waals surface area (Å²) >= 11 is 0. The lowest BCUT2D eigenvalue weighted by Gasteiger charge is -2.26. The third-order valence-corrected chi connectivity index (χ3v) is 8.05. The number of hydrogen-bond donors (Lipinski definition) is 0. The highest BCUT2D eigenvalue weighted by atomic mass is 15.3. The first kappa shape index (κ1) is 25.0. The zero-order chi connectivity index (χ0) is 28.6. The van der Waals surface area contributed by atoms with Gasteiger partial charge in [0.05, 0.1) is 22.8 Å². The normalized spacial score (nSPS) is 11.7. The Hall–Kier alpha value is -5.80. The molecule has 0 atom stereocenters. The summed E-state index contributed by atoms with van der Waals surface area (Å²) in [6.07, 6.45) is 0. The van der Waals surface area contributed by atoms with E-state index in [4.69, 9.17) is 9.97 Å². The van der Waals surface area contributed by atoms with Crippen LogP contribution in [0, 0.1) is 0 Å². The molecular weight excluding hydrogens is 522 g/mol. The third kappa shape index (κ3) is 4.39. The van der Waals surface area contributed by atoms with Crippen LogP contribution in [0.1, 0.15) is 0 Å². The Morgan fingerprint density at radius 3 is 1.40 bits per heavy atom. The topological polar surface area (TPSA) is 29.0 Å². The SMILES string of the molecule is c1ccc(-c2cc(-c3ccccc3)nc(N3c4ccccc4-c4cccc(-c5ccccc5)c4-c4ccccc43)n2)cc1. The Bertz CT molecular complexity index is 2010. The van der Waals surface area contributed by atoms with Crippen molar-refractivity contribution < 1.29 is 0 Å². The van der Waals surface area contributed by atoms with Crippen LogP contribution in [-0.2, 0) is 0 Å². The Morgan fingerprint density at radius 2 is 0.791 bits per heavy atom. The highest BCUT2D eigenvalue weighted by Crippen LogP contribution is 2.52. The van der Waals surface area contributed by atoms with Gasteiger partial charge in [0.2, 0.25) is 5.95 Å². The second-order valence-electron chi connectivity index (χ2n) is 10.6. The molecule has 0 radical (unpaired) electrons. The van der Waals surface area contributed by atoms with E-state index >= 15 is 0 Å². The Balaban J connectivity index is 1.44. The van der Waals surface area contributed by atoms with Crippen LogP contribution in [0.15, 0.2) is 164 Å². The van der Waals surface area contributed by atoms with Gasteiger partial charge >= 0.3 is 0 Å². The average Bonchev–Trinajstić information content (AvgIpc) is 3.22. The zero-order valence-electron chi connectivity index (χ0n) is 23.4. The molecule has 0 aliphatic carbocycles. The molecule has 0 fully saturated rings. The number of benzene rings is 6. The molecule has 7 aromatic rings. The molecule has 0 unspecified atom stereocenters. The van der Waals surface area contributed by atoms with Crippen molar-refractivity contribution in [1.29, 1.82) is 0 Å². The highest BCUT2D eigenvalue weighted by Gasteiger charge is 2.29. The molecule has 1 aromatic heterocycles. The van der Waals surface area contributed by atoms with Crippen LogP contribution in [-0.4, -0.2) is 9.97 Å².